The fourth-order valence-electron chi connectivity index (χ4n) is 2.15. The second kappa shape index (κ2) is 4.04. The molecular formula is C13H10BrNO2. The molecule has 0 radical (unpaired) electrons. The minimum atomic E-state index is -0.159. The number of fused-ring (bicyclic) bond motifs is 1. The Bertz CT molecular complexity index is 576. The lowest BCUT2D eigenvalue weighted by atomic mass is 9.95. The third kappa shape index (κ3) is 1.69. The number of hydrogen-bond donors (Lipinski definition) is 1. The van der Waals surface area contributed by atoms with Crippen LogP contribution in [0, 0.1) is 0 Å². The van der Waals surface area contributed by atoms with Crippen molar-refractivity contribution in [2.24, 2.45) is 0 Å². The topological polar surface area (TPSA) is 42.2 Å². The summed E-state index contributed by atoms with van der Waals surface area (Å²) in [5, 5.41) is 3.23. The first-order valence-electron chi connectivity index (χ1n) is 5.37. The van der Waals surface area contributed by atoms with E-state index >= 15 is 0 Å². The molecule has 3 rings (SSSR count). The summed E-state index contributed by atoms with van der Waals surface area (Å²) in [6.07, 6.45) is 1.52. The van der Waals surface area contributed by atoms with Crippen molar-refractivity contribution >= 4 is 27.4 Å². The molecular weight excluding hydrogens is 282 g/mol. The highest BCUT2D eigenvalue weighted by atomic mass is 79.9. The van der Waals surface area contributed by atoms with Crippen LogP contribution in [-0.4, -0.2) is 12.3 Å². The normalized spacial score (nSPS) is 17.6. The van der Waals surface area contributed by atoms with Crippen LogP contribution in [0.3, 0.4) is 0 Å². The van der Waals surface area contributed by atoms with Gasteiger partial charge in [0.15, 0.2) is 5.76 Å². The quantitative estimate of drug-likeness (QED) is 0.862. The van der Waals surface area contributed by atoms with Gasteiger partial charge in [-0.25, -0.2) is 0 Å². The van der Waals surface area contributed by atoms with E-state index in [9.17, 15) is 4.79 Å². The number of rotatable bonds is 2. The zero-order valence-corrected chi connectivity index (χ0v) is 10.5. The smallest absolute Gasteiger partial charge is 0.208 e. The first kappa shape index (κ1) is 10.6. The summed E-state index contributed by atoms with van der Waals surface area (Å²) in [7, 11) is 0. The molecule has 1 aliphatic heterocycles. The molecule has 1 unspecified atom stereocenters. The summed E-state index contributed by atoms with van der Waals surface area (Å²) >= 11 is 3.32. The molecule has 3 nitrogen and oxygen atoms in total. The Labute approximate surface area is 107 Å². The summed E-state index contributed by atoms with van der Waals surface area (Å²) in [5.74, 6) is 0.251. The van der Waals surface area contributed by atoms with Crippen LogP contribution in [0.5, 0.6) is 0 Å². The van der Waals surface area contributed by atoms with E-state index in [0.717, 1.165) is 11.3 Å². The summed E-state index contributed by atoms with van der Waals surface area (Å²) in [6.45, 7) is 0.630. The second-order valence-corrected chi connectivity index (χ2v) is 4.84. The van der Waals surface area contributed by atoms with Gasteiger partial charge in [-0.2, -0.15) is 0 Å². The van der Waals surface area contributed by atoms with E-state index in [1.54, 1.807) is 6.07 Å². The molecule has 0 spiro atoms. The lowest BCUT2D eigenvalue weighted by molar-refractivity contribution is 0.0938. The number of carbonyl (C=O) groups excluding carboxylic acids is 1. The molecule has 17 heavy (non-hydrogen) atoms. The molecule has 0 saturated carbocycles. The average Bonchev–Trinajstić information content (AvgIpc) is 2.94. The van der Waals surface area contributed by atoms with Gasteiger partial charge in [0.1, 0.15) is 0 Å². The van der Waals surface area contributed by atoms with E-state index in [2.05, 4.69) is 21.2 Å². The highest BCUT2D eigenvalue weighted by molar-refractivity contribution is 9.10. The van der Waals surface area contributed by atoms with Gasteiger partial charge >= 0.3 is 0 Å². The van der Waals surface area contributed by atoms with Gasteiger partial charge in [-0.15, -0.1) is 0 Å². The third-order valence-electron chi connectivity index (χ3n) is 2.99. The fourth-order valence-corrected chi connectivity index (χ4v) is 2.54. The fraction of sp³-hybridized carbons (Fsp3) is 0.154. The molecule has 0 saturated heterocycles. The standard InChI is InChI=1S/C13H10BrNO2/c14-10-5-6-17-13(10)12(16)9-7-15-11-4-2-1-3-8(9)11/h1-6,9,15H,7H2. The Hall–Kier alpha value is -1.55. The maximum atomic E-state index is 12.3. The number of carbonyl (C=O) groups is 1. The highest BCUT2D eigenvalue weighted by Crippen LogP contribution is 2.34. The van der Waals surface area contributed by atoms with Crippen molar-refractivity contribution in [2.45, 2.75) is 5.92 Å². The van der Waals surface area contributed by atoms with Crippen LogP contribution in [0.15, 0.2) is 45.5 Å². The van der Waals surface area contributed by atoms with Crippen molar-refractivity contribution in [3.8, 4) is 0 Å². The molecule has 1 N–H and O–H groups in total. The van der Waals surface area contributed by atoms with Crippen LogP contribution in [0.4, 0.5) is 5.69 Å². The van der Waals surface area contributed by atoms with Crippen LogP contribution >= 0.6 is 15.9 Å². The van der Waals surface area contributed by atoms with Crippen LogP contribution in [0.25, 0.3) is 0 Å². The number of para-hydroxylation sites is 1. The molecule has 0 fully saturated rings. The van der Waals surface area contributed by atoms with Gasteiger partial charge in [-0.05, 0) is 33.6 Å². The number of Topliss-reactive ketones (excluding diaryl/α,β-unsaturated/α-hetero) is 1. The van der Waals surface area contributed by atoms with E-state index in [1.165, 1.54) is 6.26 Å². The van der Waals surface area contributed by atoms with Crippen molar-refractivity contribution in [3.63, 3.8) is 0 Å². The SMILES string of the molecule is O=C(c1occc1Br)C1CNc2ccccc21. The van der Waals surface area contributed by atoms with Crippen molar-refractivity contribution < 1.29 is 9.21 Å². The molecule has 1 aliphatic rings. The van der Waals surface area contributed by atoms with E-state index in [1.807, 2.05) is 24.3 Å². The minimum Gasteiger partial charge on any atom is -0.460 e. The van der Waals surface area contributed by atoms with E-state index < -0.39 is 0 Å². The molecule has 86 valence electrons. The largest absolute Gasteiger partial charge is 0.460 e. The Morgan fingerprint density at radius 1 is 1.35 bits per heavy atom. The first-order chi connectivity index (χ1) is 8.27. The monoisotopic (exact) mass is 291 g/mol. The highest BCUT2D eigenvalue weighted by Gasteiger charge is 2.31. The maximum Gasteiger partial charge on any atom is 0.208 e. The Morgan fingerprint density at radius 3 is 2.94 bits per heavy atom. The van der Waals surface area contributed by atoms with Gasteiger partial charge in [-0.1, -0.05) is 18.2 Å². The molecule has 2 heterocycles. The van der Waals surface area contributed by atoms with Gasteiger partial charge in [0.2, 0.25) is 5.78 Å². The zero-order chi connectivity index (χ0) is 11.8. The second-order valence-electron chi connectivity index (χ2n) is 3.98. The van der Waals surface area contributed by atoms with Gasteiger partial charge in [0.05, 0.1) is 16.7 Å². The number of furan rings is 1. The number of anilines is 1. The summed E-state index contributed by atoms with van der Waals surface area (Å²) in [5.41, 5.74) is 2.08. The predicted octanol–water partition coefficient (Wildman–Crippen LogP) is 3.43. The number of nitrogens with one attached hydrogen (secondary N) is 1. The number of hydrogen-bond acceptors (Lipinski definition) is 3. The molecule has 2 aromatic rings. The lowest BCUT2D eigenvalue weighted by Crippen LogP contribution is -2.14. The summed E-state index contributed by atoms with van der Waals surface area (Å²) in [4.78, 5) is 12.3. The number of ketones is 1. The van der Waals surface area contributed by atoms with Crippen molar-refractivity contribution in [3.05, 3.63) is 52.4 Å². The average molecular weight is 292 g/mol. The van der Waals surface area contributed by atoms with Gasteiger partial charge in [0, 0.05) is 12.2 Å². The van der Waals surface area contributed by atoms with Gasteiger partial charge in [0.25, 0.3) is 0 Å². The van der Waals surface area contributed by atoms with Crippen molar-refractivity contribution in [1.29, 1.82) is 0 Å². The van der Waals surface area contributed by atoms with Crippen LogP contribution in [0.1, 0.15) is 22.0 Å². The molecule has 1 aromatic carbocycles. The van der Waals surface area contributed by atoms with Crippen LogP contribution in [-0.2, 0) is 0 Å². The molecule has 0 bridgehead atoms. The summed E-state index contributed by atoms with van der Waals surface area (Å²) in [6, 6.07) is 9.61. The van der Waals surface area contributed by atoms with Gasteiger partial charge < -0.3 is 9.73 Å². The Kier molecular flexibility index (Phi) is 2.52. The van der Waals surface area contributed by atoms with Crippen molar-refractivity contribution in [1.82, 2.24) is 0 Å². The summed E-state index contributed by atoms with van der Waals surface area (Å²) < 4.78 is 5.94. The van der Waals surface area contributed by atoms with Crippen LogP contribution in [0.2, 0.25) is 0 Å². The first-order valence-corrected chi connectivity index (χ1v) is 6.16. The Balaban J connectivity index is 1.98. The predicted molar refractivity (Wildman–Crippen MR) is 68.4 cm³/mol. The molecule has 0 amide bonds. The van der Waals surface area contributed by atoms with E-state index in [0.29, 0.717) is 16.8 Å². The van der Waals surface area contributed by atoms with E-state index in [-0.39, 0.29) is 11.7 Å². The van der Waals surface area contributed by atoms with E-state index in [4.69, 9.17) is 4.42 Å². The molecule has 1 atom stereocenters. The molecule has 4 heteroatoms. The van der Waals surface area contributed by atoms with Crippen molar-refractivity contribution in [2.75, 3.05) is 11.9 Å². The number of halogens is 1. The molecule has 0 aliphatic carbocycles. The lowest BCUT2D eigenvalue weighted by Gasteiger charge is -2.07. The maximum absolute atomic E-state index is 12.3. The zero-order valence-electron chi connectivity index (χ0n) is 8.94. The third-order valence-corrected chi connectivity index (χ3v) is 3.61. The Morgan fingerprint density at radius 2 is 2.18 bits per heavy atom. The minimum absolute atomic E-state index is 0.0133. The van der Waals surface area contributed by atoms with Gasteiger partial charge in [-0.3, -0.25) is 4.79 Å². The molecule has 1 aromatic heterocycles. The number of benzene rings is 1. The van der Waals surface area contributed by atoms with Crippen LogP contribution < -0.4 is 5.32 Å².